The highest BCUT2D eigenvalue weighted by molar-refractivity contribution is 5.78. The van der Waals surface area contributed by atoms with Gasteiger partial charge in [0.25, 0.3) is 0 Å². The Morgan fingerprint density at radius 2 is 2.08 bits per heavy atom. The number of carbonyl (C=O) groups excluding carboxylic acids is 1. The van der Waals surface area contributed by atoms with Crippen molar-refractivity contribution >= 4 is 11.6 Å². The van der Waals surface area contributed by atoms with Crippen LogP contribution in [-0.2, 0) is 4.79 Å². The number of amides is 1. The summed E-state index contributed by atoms with van der Waals surface area (Å²) in [5, 5.41) is 12.4. The van der Waals surface area contributed by atoms with Crippen molar-refractivity contribution in [2.24, 2.45) is 5.92 Å². The average molecular weight is 326 g/mol. The van der Waals surface area contributed by atoms with Crippen LogP contribution >= 0.6 is 0 Å². The lowest BCUT2D eigenvalue weighted by atomic mass is 10.1. The molecule has 1 saturated carbocycles. The number of carbonyl (C=O) groups is 1. The van der Waals surface area contributed by atoms with Gasteiger partial charge in [-0.1, -0.05) is 12.1 Å². The second-order valence-corrected chi connectivity index (χ2v) is 6.94. The van der Waals surface area contributed by atoms with Gasteiger partial charge in [0.1, 0.15) is 6.07 Å². The molecule has 5 nitrogen and oxygen atoms in total. The third-order valence-corrected chi connectivity index (χ3v) is 5.04. The summed E-state index contributed by atoms with van der Waals surface area (Å²) in [6.07, 6.45) is 3.50. The minimum Gasteiger partial charge on any atom is -0.369 e. The van der Waals surface area contributed by atoms with Gasteiger partial charge in [0.2, 0.25) is 5.91 Å². The third kappa shape index (κ3) is 4.27. The Kier molecular flexibility index (Phi) is 5.37. The van der Waals surface area contributed by atoms with Crippen LogP contribution in [0.3, 0.4) is 0 Å². The molecule has 1 amide bonds. The Bertz CT molecular complexity index is 620. The maximum Gasteiger partial charge on any atom is 0.234 e. The maximum atomic E-state index is 12.2. The number of hydrogen-bond donors (Lipinski definition) is 1. The van der Waals surface area contributed by atoms with Crippen LogP contribution in [0.1, 0.15) is 31.7 Å². The number of nitrogens with zero attached hydrogens (tertiary/aromatic N) is 3. The Morgan fingerprint density at radius 3 is 2.83 bits per heavy atom. The Labute approximate surface area is 144 Å². The van der Waals surface area contributed by atoms with E-state index in [9.17, 15) is 10.1 Å². The van der Waals surface area contributed by atoms with Crippen LogP contribution in [0.4, 0.5) is 5.69 Å². The van der Waals surface area contributed by atoms with Gasteiger partial charge in [-0.25, -0.2) is 0 Å². The number of hydrogen-bond acceptors (Lipinski definition) is 4. The van der Waals surface area contributed by atoms with Crippen molar-refractivity contribution in [3.63, 3.8) is 0 Å². The van der Waals surface area contributed by atoms with Gasteiger partial charge in [-0.05, 0) is 44.2 Å². The van der Waals surface area contributed by atoms with E-state index >= 15 is 0 Å². The van der Waals surface area contributed by atoms with E-state index in [1.807, 2.05) is 24.3 Å². The van der Waals surface area contributed by atoms with Crippen molar-refractivity contribution in [3.05, 3.63) is 29.8 Å². The highest BCUT2D eigenvalue weighted by atomic mass is 16.2. The van der Waals surface area contributed by atoms with Crippen LogP contribution in [0, 0.1) is 17.2 Å². The van der Waals surface area contributed by atoms with Gasteiger partial charge < -0.3 is 10.2 Å². The zero-order valence-corrected chi connectivity index (χ0v) is 14.4. The number of para-hydroxylation sites is 1. The van der Waals surface area contributed by atoms with E-state index in [0.29, 0.717) is 18.5 Å². The molecular weight excluding hydrogens is 300 g/mol. The molecule has 2 aliphatic rings. The van der Waals surface area contributed by atoms with Crippen molar-refractivity contribution in [3.8, 4) is 6.07 Å². The van der Waals surface area contributed by atoms with E-state index in [4.69, 9.17) is 0 Å². The molecule has 0 aromatic heterocycles. The van der Waals surface area contributed by atoms with Crippen molar-refractivity contribution < 1.29 is 4.79 Å². The van der Waals surface area contributed by atoms with Crippen LogP contribution < -0.4 is 10.2 Å². The number of benzene rings is 1. The summed E-state index contributed by atoms with van der Waals surface area (Å²) in [5.41, 5.74) is 1.73. The quantitative estimate of drug-likeness (QED) is 0.899. The second kappa shape index (κ2) is 7.67. The summed E-state index contributed by atoms with van der Waals surface area (Å²) >= 11 is 0. The summed E-state index contributed by atoms with van der Waals surface area (Å²) in [6, 6.07) is 10.3. The Hall–Kier alpha value is -2.06. The SMILES string of the molecule is C[C@@H](NC(=O)CN1CCCN(c2ccccc2C#N)CC1)C1CC1. The minimum atomic E-state index is 0.139. The van der Waals surface area contributed by atoms with Gasteiger partial charge in [0.05, 0.1) is 17.8 Å². The standard InChI is InChI=1S/C19H26N4O/c1-15(16-7-8-16)21-19(24)14-22-9-4-10-23(12-11-22)18-6-3-2-5-17(18)13-20/h2-3,5-6,15-16H,4,7-12,14H2,1H3,(H,21,24)/t15-/m1/s1. The highest BCUT2D eigenvalue weighted by Crippen LogP contribution is 2.32. The lowest BCUT2D eigenvalue weighted by Gasteiger charge is -2.24. The largest absolute Gasteiger partial charge is 0.369 e. The first kappa shape index (κ1) is 16.8. The first-order valence-corrected chi connectivity index (χ1v) is 8.93. The summed E-state index contributed by atoms with van der Waals surface area (Å²) in [6.45, 7) is 6.14. The normalized spacial score (nSPS) is 20.1. The van der Waals surface area contributed by atoms with Crippen LogP contribution in [0.5, 0.6) is 0 Å². The highest BCUT2D eigenvalue weighted by Gasteiger charge is 2.29. The summed E-state index contributed by atoms with van der Waals surface area (Å²) in [5.74, 6) is 0.830. The van der Waals surface area contributed by atoms with E-state index in [1.54, 1.807) is 0 Å². The molecule has 0 bridgehead atoms. The number of nitriles is 1. The van der Waals surface area contributed by atoms with Gasteiger partial charge in [-0.15, -0.1) is 0 Å². The summed E-state index contributed by atoms with van der Waals surface area (Å²) in [7, 11) is 0. The fourth-order valence-corrected chi connectivity index (χ4v) is 3.43. The Balaban J connectivity index is 1.53. The molecule has 1 aliphatic heterocycles. The van der Waals surface area contributed by atoms with Crippen molar-refractivity contribution in [1.29, 1.82) is 5.26 Å². The fourth-order valence-electron chi connectivity index (χ4n) is 3.43. The summed E-state index contributed by atoms with van der Waals surface area (Å²) in [4.78, 5) is 16.7. The molecule has 1 N–H and O–H groups in total. The first-order chi connectivity index (χ1) is 11.7. The topological polar surface area (TPSA) is 59.4 Å². The van der Waals surface area contributed by atoms with Crippen LogP contribution in [0.25, 0.3) is 0 Å². The molecule has 0 spiro atoms. The zero-order chi connectivity index (χ0) is 16.9. The number of anilines is 1. The Morgan fingerprint density at radius 1 is 1.29 bits per heavy atom. The molecule has 3 rings (SSSR count). The molecule has 1 saturated heterocycles. The monoisotopic (exact) mass is 326 g/mol. The summed E-state index contributed by atoms with van der Waals surface area (Å²) < 4.78 is 0. The van der Waals surface area contributed by atoms with Gasteiger partial charge in [0, 0.05) is 32.2 Å². The molecule has 0 radical (unpaired) electrons. The lowest BCUT2D eigenvalue weighted by Crippen LogP contribution is -2.43. The van der Waals surface area contributed by atoms with Crippen LogP contribution in [0.15, 0.2) is 24.3 Å². The first-order valence-electron chi connectivity index (χ1n) is 8.93. The van der Waals surface area contributed by atoms with Crippen molar-refractivity contribution in [2.75, 3.05) is 37.6 Å². The third-order valence-electron chi connectivity index (χ3n) is 5.04. The van der Waals surface area contributed by atoms with Crippen LogP contribution in [0.2, 0.25) is 0 Å². The fraction of sp³-hybridized carbons (Fsp3) is 0.579. The molecule has 128 valence electrons. The predicted molar refractivity (Wildman–Crippen MR) is 94.8 cm³/mol. The molecular formula is C19H26N4O. The lowest BCUT2D eigenvalue weighted by molar-refractivity contribution is -0.122. The van der Waals surface area contributed by atoms with Gasteiger partial charge in [-0.2, -0.15) is 5.26 Å². The van der Waals surface area contributed by atoms with E-state index in [-0.39, 0.29) is 5.91 Å². The number of rotatable bonds is 5. The van der Waals surface area contributed by atoms with E-state index in [2.05, 4.69) is 28.1 Å². The molecule has 1 atom stereocenters. The molecule has 0 unspecified atom stereocenters. The molecule has 2 fully saturated rings. The van der Waals surface area contributed by atoms with E-state index < -0.39 is 0 Å². The van der Waals surface area contributed by atoms with E-state index in [0.717, 1.165) is 43.9 Å². The molecule has 1 heterocycles. The van der Waals surface area contributed by atoms with Crippen molar-refractivity contribution in [1.82, 2.24) is 10.2 Å². The minimum absolute atomic E-state index is 0.139. The maximum absolute atomic E-state index is 12.2. The van der Waals surface area contributed by atoms with Gasteiger partial charge in [0.15, 0.2) is 0 Å². The molecule has 1 aromatic carbocycles. The molecule has 1 aromatic rings. The molecule has 24 heavy (non-hydrogen) atoms. The average Bonchev–Trinajstić information content (AvgIpc) is 3.42. The predicted octanol–water partition coefficient (Wildman–Crippen LogP) is 1.99. The molecule has 1 aliphatic carbocycles. The smallest absolute Gasteiger partial charge is 0.234 e. The van der Waals surface area contributed by atoms with Crippen LogP contribution in [-0.4, -0.2) is 49.6 Å². The second-order valence-electron chi connectivity index (χ2n) is 6.94. The number of nitrogens with one attached hydrogen (secondary N) is 1. The molecule has 5 heteroatoms. The van der Waals surface area contributed by atoms with E-state index in [1.165, 1.54) is 12.8 Å². The van der Waals surface area contributed by atoms with Gasteiger partial charge in [-0.3, -0.25) is 9.69 Å². The van der Waals surface area contributed by atoms with Gasteiger partial charge >= 0.3 is 0 Å². The van der Waals surface area contributed by atoms with Crippen molar-refractivity contribution in [2.45, 2.75) is 32.2 Å². The zero-order valence-electron chi connectivity index (χ0n) is 14.4.